The van der Waals surface area contributed by atoms with Crippen LogP contribution in [0.2, 0.25) is 0 Å². The van der Waals surface area contributed by atoms with Gasteiger partial charge < -0.3 is 0 Å². The van der Waals surface area contributed by atoms with Crippen LogP contribution < -0.4 is 0 Å². The maximum Gasteiger partial charge on any atom is 0.193 e. The van der Waals surface area contributed by atoms with Crippen molar-refractivity contribution in [3.05, 3.63) is 71.0 Å². The van der Waals surface area contributed by atoms with Gasteiger partial charge in [-0.2, -0.15) is 0 Å². The molecule has 0 aliphatic rings. The molecule has 82 valence electrons. The highest BCUT2D eigenvalue weighted by Crippen LogP contribution is 2.12. The summed E-state index contributed by atoms with van der Waals surface area (Å²) >= 11 is 0. The van der Waals surface area contributed by atoms with Crippen LogP contribution in [0, 0.1) is 18.2 Å². The summed E-state index contributed by atoms with van der Waals surface area (Å²) < 4.78 is 12.7. The third-order valence-electron chi connectivity index (χ3n) is 2.40. The van der Waals surface area contributed by atoms with E-state index in [9.17, 15) is 9.18 Å². The number of hydrogen-bond donors (Lipinski definition) is 0. The van der Waals surface area contributed by atoms with Crippen molar-refractivity contribution in [1.82, 2.24) is 0 Å². The Morgan fingerprint density at radius 1 is 1.06 bits per heavy atom. The van der Waals surface area contributed by atoms with Gasteiger partial charge in [0.25, 0.3) is 0 Å². The standard InChI is InChI=1S/C15H9FO/c1-2-11-4-3-5-13(10-11)15(17)12-6-8-14(16)9-7-12/h1,3-10H. The number of hydrogen-bond acceptors (Lipinski definition) is 1. The number of carbonyl (C=O) groups excluding carboxylic acids is 1. The summed E-state index contributed by atoms with van der Waals surface area (Å²) in [6.07, 6.45) is 5.27. The van der Waals surface area contributed by atoms with Crippen molar-refractivity contribution in [2.75, 3.05) is 0 Å². The molecule has 2 heteroatoms. The van der Waals surface area contributed by atoms with Crippen LogP contribution in [-0.4, -0.2) is 5.78 Å². The molecular formula is C15H9FO. The predicted octanol–water partition coefficient (Wildman–Crippen LogP) is 3.04. The van der Waals surface area contributed by atoms with Gasteiger partial charge in [0.05, 0.1) is 0 Å². The molecule has 2 rings (SSSR count). The van der Waals surface area contributed by atoms with E-state index < -0.39 is 0 Å². The summed E-state index contributed by atoms with van der Waals surface area (Å²) in [5.41, 5.74) is 1.60. The number of rotatable bonds is 2. The van der Waals surface area contributed by atoms with E-state index in [0.29, 0.717) is 16.7 Å². The second kappa shape index (κ2) is 4.63. The quantitative estimate of drug-likeness (QED) is 0.566. The maximum atomic E-state index is 12.7. The van der Waals surface area contributed by atoms with Gasteiger partial charge in [-0.05, 0) is 36.4 Å². The van der Waals surface area contributed by atoms with Gasteiger partial charge in [0, 0.05) is 16.7 Å². The first kappa shape index (κ1) is 11.1. The molecule has 0 saturated carbocycles. The summed E-state index contributed by atoms with van der Waals surface area (Å²) in [4.78, 5) is 12.0. The van der Waals surface area contributed by atoms with Gasteiger partial charge in [-0.15, -0.1) is 6.42 Å². The number of halogens is 1. The molecule has 0 amide bonds. The molecule has 0 aliphatic carbocycles. The summed E-state index contributed by atoms with van der Waals surface area (Å²) in [6, 6.07) is 12.3. The SMILES string of the molecule is C#Cc1cccc(C(=O)c2ccc(F)cc2)c1. The molecule has 0 saturated heterocycles. The van der Waals surface area contributed by atoms with Crippen LogP contribution >= 0.6 is 0 Å². The number of benzene rings is 2. The minimum Gasteiger partial charge on any atom is -0.289 e. The Hall–Kier alpha value is -2.40. The highest BCUT2D eigenvalue weighted by atomic mass is 19.1. The Morgan fingerprint density at radius 2 is 1.76 bits per heavy atom. The third kappa shape index (κ3) is 2.40. The first-order valence-electron chi connectivity index (χ1n) is 5.07. The van der Waals surface area contributed by atoms with Gasteiger partial charge in [0.2, 0.25) is 0 Å². The van der Waals surface area contributed by atoms with Crippen LogP contribution in [0.5, 0.6) is 0 Å². The molecule has 0 fully saturated rings. The van der Waals surface area contributed by atoms with E-state index in [-0.39, 0.29) is 11.6 Å². The van der Waals surface area contributed by atoms with Gasteiger partial charge in [0.15, 0.2) is 5.78 Å². The van der Waals surface area contributed by atoms with Crippen molar-refractivity contribution in [3.63, 3.8) is 0 Å². The average molecular weight is 224 g/mol. The molecule has 0 heterocycles. The number of terminal acetylenes is 1. The van der Waals surface area contributed by atoms with Gasteiger partial charge in [-0.3, -0.25) is 4.79 Å². The van der Waals surface area contributed by atoms with E-state index in [4.69, 9.17) is 6.42 Å². The van der Waals surface area contributed by atoms with Gasteiger partial charge in [-0.1, -0.05) is 18.1 Å². The molecule has 2 aromatic rings. The van der Waals surface area contributed by atoms with Crippen molar-refractivity contribution in [1.29, 1.82) is 0 Å². The van der Waals surface area contributed by atoms with Gasteiger partial charge >= 0.3 is 0 Å². The largest absolute Gasteiger partial charge is 0.289 e. The minimum atomic E-state index is -0.362. The zero-order valence-electron chi connectivity index (χ0n) is 8.98. The van der Waals surface area contributed by atoms with E-state index in [1.165, 1.54) is 24.3 Å². The second-order valence-electron chi connectivity index (χ2n) is 3.56. The van der Waals surface area contributed by atoms with E-state index in [1.807, 2.05) is 0 Å². The van der Waals surface area contributed by atoms with E-state index in [1.54, 1.807) is 24.3 Å². The molecule has 0 spiro atoms. The Morgan fingerprint density at radius 3 is 2.41 bits per heavy atom. The lowest BCUT2D eigenvalue weighted by Crippen LogP contribution is -2.01. The van der Waals surface area contributed by atoms with E-state index in [0.717, 1.165) is 0 Å². The molecule has 0 aliphatic heterocycles. The Balaban J connectivity index is 2.37. The Kier molecular flexibility index (Phi) is 3.02. The molecule has 0 bridgehead atoms. The normalized spacial score (nSPS) is 9.65. The van der Waals surface area contributed by atoms with E-state index >= 15 is 0 Å². The molecule has 1 nitrogen and oxygen atoms in total. The van der Waals surface area contributed by atoms with E-state index in [2.05, 4.69) is 5.92 Å². The molecule has 0 unspecified atom stereocenters. The van der Waals surface area contributed by atoms with Crippen LogP contribution in [-0.2, 0) is 0 Å². The van der Waals surface area contributed by atoms with Gasteiger partial charge in [-0.25, -0.2) is 4.39 Å². The molecule has 2 aromatic carbocycles. The minimum absolute atomic E-state index is 0.165. The summed E-state index contributed by atoms with van der Waals surface area (Å²) in [5, 5.41) is 0. The van der Waals surface area contributed by atoms with Crippen molar-refractivity contribution in [2.24, 2.45) is 0 Å². The maximum absolute atomic E-state index is 12.7. The monoisotopic (exact) mass is 224 g/mol. The molecule has 0 N–H and O–H groups in total. The molecule has 0 radical (unpaired) electrons. The van der Waals surface area contributed by atoms with Crippen molar-refractivity contribution >= 4 is 5.78 Å². The van der Waals surface area contributed by atoms with Crippen LogP contribution in [0.4, 0.5) is 4.39 Å². The number of ketones is 1. The van der Waals surface area contributed by atoms with Gasteiger partial charge in [0.1, 0.15) is 5.82 Å². The zero-order valence-corrected chi connectivity index (χ0v) is 8.98. The molecule has 0 atom stereocenters. The number of carbonyl (C=O) groups is 1. The summed E-state index contributed by atoms with van der Waals surface area (Å²) in [5.74, 6) is 1.94. The second-order valence-corrected chi connectivity index (χ2v) is 3.56. The lowest BCUT2D eigenvalue weighted by Gasteiger charge is -2.01. The molecular weight excluding hydrogens is 215 g/mol. The Bertz CT molecular complexity index is 591. The lowest BCUT2D eigenvalue weighted by atomic mass is 10.0. The smallest absolute Gasteiger partial charge is 0.193 e. The fourth-order valence-electron chi connectivity index (χ4n) is 1.52. The Labute approximate surface area is 98.9 Å². The van der Waals surface area contributed by atoms with Crippen molar-refractivity contribution in [3.8, 4) is 12.3 Å². The van der Waals surface area contributed by atoms with Crippen LogP contribution in [0.15, 0.2) is 48.5 Å². The fraction of sp³-hybridized carbons (Fsp3) is 0. The van der Waals surface area contributed by atoms with Crippen LogP contribution in [0.25, 0.3) is 0 Å². The topological polar surface area (TPSA) is 17.1 Å². The first-order chi connectivity index (χ1) is 8.20. The van der Waals surface area contributed by atoms with Crippen LogP contribution in [0.3, 0.4) is 0 Å². The lowest BCUT2D eigenvalue weighted by molar-refractivity contribution is 0.103. The summed E-state index contributed by atoms with van der Waals surface area (Å²) in [7, 11) is 0. The molecule has 0 aromatic heterocycles. The predicted molar refractivity (Wildman–Crippen MR) is 64.2 cm³/mol. The first-order valence-corrected chi connectivity index (χ1v) is 5.07. The fourth-order valence-corrected chi connectivity index (χ4v) is 1.52. The molecule has 17 heavy (non-hydrogen) atoms. The third-order valence-corrected chi connectivity index (χ3v) is 2.40. The van der Waals surface area contributed by atoms with Crippen molar-refractivity contribution < 1.29 is 9.18 Å². The van der Waals surface area contributed by atoms with Crippen LogP contribution in [0.1, 0.15) is 21.5 Å². The van der Waals surface area contributed by atoms with Crippen molar-refractivity contribution in [2.45, 2.75) is 0 Å². The summed E-state index contributed by atoms with van der Waals surface area (Å²) in [6.45, 7) is 0. The highest BCUT2D eigenvalue weighted by molar-refractivity contribution is 6.09. The average Bonchev–Trinajstić information content (AvgIpc) is 2.39. The zero-order chi connectivity index (χ0) is 12.3. The highest BCUT2D eigenvalue weighted by Gasteiger charge is 2.08.